The zero-order chi connectivity index (χ0) is 25.2. The molecule has 182 valence electrons. The van der Waals surface area contributed by atoms with Gasteiger partial charge in [0.25, 0.3) is 15.9 Å². The fourth-order valence-corrected chi connectivity index (χ4v) is 5.06. The Balaban J connectivity index is 1.52. The number of nitrogens with zero attached hydrogens (tertiary/aromatic N) is 1. The van der Waals surface area contributed by atoms with E-state index < -0.39 is 21.8 Å². The predicted molar refractivity (Wildman–Crippen MR) is 133 cm³/mol. The molecule has 1 aliphatic carbocycles. The minimum absolute atomic E-state index is 0.0263. The number of amides is 2. The topological polar surface area (TPSA) is 130 Å². The third kappa shape index (κ3) is 5.30. The third-order valence-corrected chi connectivity index (χ3v) is 7.49. The summed E-state index contributed by atoms with van der Waals surface area (Å²) in [4.78, 5) is 27.5. The monoisotopic (exact) mass is 558 g/mol. The van der Waals surface area contributed by atoms with Gasteiger partial charge in [0.1, 0.15) is 5.76 Å². The van der Waals surface area contributed by atoms with E-state index in [1.807, 2.05) is 6.92 Å². The first kappa shape index (κ1) is 24.7. The van der Waals surface area contributed by atoms with E-state index in [9.17, 15) is 18.0 Å². The first-order valence-electron chi connectivity index (χ1n) is 10.8. The van der Waals surface area contributed by atoms with Crippen LogP contribution in [0.15, 0.2) is 67.4 Å². The van der Waals surface area contributed by atoms with Gasteiger partial charge in [0.15, 0.2) is 5.76 Å². The van der Waals surface area contributed by atoms with E-state index in [0.29, 0.717) is 51.9 Å². The number of benzene rings is 2. The molecule has 0 fully saturated rings. The second kappa shape index (κ2) is 10.0. The van der Waals surface area contributed by atoms with Crippen LogP contribution in [0.4, 0.5) is 0 Å². The smallest absolute Gasteiger partial charge is 0.305 e. The summed E-state index contributed by atoms with van der Waals surface area (Å²) in [6, 6.07) is 13.3. The molecule has 0 atom stereocenters. The first-order chi connectivity index (χ1) is 16.7. The molecule has 0 aliphatic heterocycles. The van der Waals surface area contributed by atoms with E-state index in [2.05, 4.69) is 36.7 Å². The van der Waals surface area contributed by atoms with E-state index in [1.54, 1.807) is 43.3 Å². The van der Waals surface area contributed by atoms with Crippen LogP contribution in [-0.2, 0) is 16.4 Å². The van der Waals surface area contributed by atoms with Crippen molar-refractivity contribution in [2.45, 2.75) is 38.0 Å². The quantitative estimate of drug-likeness (QED) is 0.410. The largest absolute Gasteiger partial charge is 0.455 e. The number of hydrogen-bond donors (Lipinski definition) is 3. The Hall–Kier alpha value is -3.44. The lowest BCUT2D eigenvalue weighted by atomic mass is 9.93. The van der Waals surface area contributed by atoms with Crippen molar-refractivity contribution in [2.75, 3.05) is 0 Å². The molecule has 2 aromatic carbocycles. The molecule has 11 heteroatoms. The maximum atomic E-state index is 12.8. The van der Waals surface area contributed by atoms with Crippen molar-refractivity contribution in [3.05, 3.63) is 86.8 Å². The van der Waals surface area contributed by atoms with Crippen molar-refractivity contribution in [3.8, 4) is 0 Å². The molecule has 0 saturated heterocycles. The molecular formula is C24H23BrN4O5S. The number of carbonyl (C=O) groups excluding carboxylic acids is 2. The first-order valence-corrected chi connectivity index (χ1v) is 13.1. The molecule has 9 nitrogen and oxygen atoms in total. The van der Waals surface area contributed by atoms with Crippen LogP contribution in [0, 0.1) is 13.8 Å². The van der Waals surface area contributed by atoms with E-state index in [1.165, 1.54) is 12.1 Å². The maximum Gasteiger partial charge on any atom is 0.305 e. The van der Waals surface area contributed by atoms with E-state index in [0.717, 1.165) is 5.56 Å². The summed E-state index contributed by atoms with van der Waals surface area (Å²) in [5, 5.41) is 4.16. The molecule has 0 saturated carbocycles. The van der Waals surface area contributed by atoms with Gasteiger partial charge in [-0.15, -0.1) is 0 Å². The third-order valence-electron chi connectivity index (χ3n) is 5.57. The van der Waals surface area contributed by atoms with Gasteiger partial charge in [-0.05, 0) is 66.9 Å². The van der Waals surface area contributed by atoms with Crippen molar-refractivity contribution >= 4 is 43.5 Å². The number of halogens is 1. The average molecular weight is 559 g/mol. The average Bonchev–Trinajstić information content (AvgIpc) is 3.19. The molecule has 2 amide bonds. The van der Waals surface area contributed by atoms with Gasteiger partial charge in [-0.25, -0.2) is 0 Å². The summed E-state index contributed by atoms with van der Waals surface area (Å²) in [6.45, 7) is 3.57. The van der Waals surface area contributed by atoms with Crippen LogP contribution in [0.1, 0.15) is 56.2 Å². The lowest BCUT2D eigenvalue weighted by molar-refractivity contribution is 0.0829. The molecule has 1 aromatic heterocycles. The molecule has 0 radical (unpaired) electrons. The minimum atomic E-state index is -3.85. The molecule has 0 unspecified atom stereocenters. The summed E-state index contributed by atoms with van der Waals surface area (Å²) in [7, 11) is -3.85. The number of nitrogens with one attached hydrogen (secondary N) is 3. The van der Waals surface area contributed by atoms with Crippen molar-refractivity contribution < 1.29 is 22.4 Å². The Bertz CT molecular complexity index is 1430. The zero-order valence-electron chi connectivity index (χ0n) is 19.0. The van der Waals surface area contributed by atoms with E-state index >= 15 is 0 Å². The molecule has 35 heavy (non-hydrogen) atoms. The predicted octanol–water partition coefficient (Wildman–Crippen LogP) is 3.75. The number of carbonyl (C=O) groups is 2. The minimum Gasteiger partial charge on any atom is -0.455 e. The number of fused-ring (bicyclic) bond motifs is 1. The lowest BCUT2D eigenvalue weighted by Gasteiger charge is -2.14. The molecule has 3 N–H and O–H groups in total. The molecule has 0 spiro atoms. The summed E-state index contributed by atoms with van der Waals surface area (Å²) >= 11 is 3.30. The van der Waals surface area contributed by atoms with Gasteiger partial charge in [-0.3, -0.25) is 20.4 Å². The number of hydrazine groups is 1. The SMILES string of the molecule is Cc1ccc(S(=O)(=O)N/N=C2\CCCc3oc(C(=O)NNC(=O)c4ccccc4Br)c(C)c32)cc1. The van der Waals surface area contributed by atoms with E-state index in [4.69, 9.17) is 4.42 Å². The van der Waals surface area contributed by atoms with Crippen LogP contribution in [-0.4, -0.2) is 25.9 Å². The Morgan fingerprint density at radius 2 is 1.66 bits per heavy atom. The molecular weight excluding hydrogens is 536 g/mol. The molecule has 1 aliphatic rings. The van der Waals surface area contributed by atoms with Gasteiger partial charge >= 0.3 is 5.91 Å². The van der Waals surface area contributed by atoms with Crippen LogP contribution in [0.3, 0.4) is 0 Å². The second-order valence-electron chi connectivity index (χ2n) is 8.06. The molecule has 3 aromatic rings. The summed E-state index contributed by atoms with van der Waals surface area (Å²) < 4.78 is 31.7. The number of furan rings is 1. The zero-order valence-corrected chi connectivity index (χ0v) is 21.4. The molecule has 1 heterocycles. The van der Waals surface area contributed by atoms with Crippen molar-refractivity contribution in [2.24, 2.45) is 5.10 Å². The Morgan fingerprint density at radius 3 is 2.37 bits per heavy atom. The van der Waals surface area contributed by atoms with Crippen molar-refractivity contribution in [1.29, 1.82) is 0 Å². The number of aryl methyl sites for hydroxylation is 2. The highest BCUT2D eigenvalue weighted by Gasteiger charge is 2.28. The van der Waals surface area contributed by atoms with Gasteiger partial charge < -0.3 is 4.42 Å². The van der Waals surface area contributed by atoms with E-state index in [-0.39, 0.29) is 10.7 Å². The Labute approximate surface area is 211 Å². The lowest BCUT2D eigenvalue weighted by Crippen LogP contribution is -2.41. The van der Waals surface area contributed by atoms with Crippen molar-refractivity contribution in [1.82, 2.24) is 15.7 Å². The normalized spacial score (nSPS) is 14.3. The van der Waals surface area contributed by atoms with Gasteiger partial charge in [-0.2, -0.15) is 18.4 Å². The Kier molecular flexibility index (Phi) is 7.08. The highest BCUT2D eigenvalue weighted by Crippen LogP contribution is 2.30. The molecule has 4 rings (SSSR count). The van der Waals surface area contributed by atoms with Gasteiger partial charge in [-0.1, -0.05) is 29.8 Å². The standard InChI is InChI=1S/C24H23BrN4O5S/c1-14-10-12-16(13-11-14)35(32,33)29-26-19-8-5-9-20-21(19)15(2)22(34-20)24(31)28-27-23(30)17-6-3-4-7-18(17)25/h3-4,6-7,10-13,29H,5,8-9H2,1-2H3,(H,27,30)(H,28,31)/b26-19+. The van der Waals surface area contributed by atoms with Crippen LogP contribution >= 0.6 is 15.9 Å². The fraction of sp³-hybridized carbons (Fsp3) is 0.208. The van der Waals surface area contributed by atoms with Gasteiger partial charge in [0, 0.05) is 22.0 Å². The van der Waals surface area contributed by atoms with Gasteiger partial charge in [0.05, 0.1) is 16.2 Å². The van der Waals surface area contributed by atoms with Crippen LogP contribution in [0.25, 0.3) is 0 Å². The number of sulfonamides is 1. The van der Waals surface area contributed by atoms with Gasteiger partial charge in [0.2, 0.25) is 0 Å². The summed E-state index contributed by atoms with van der Waals surface area (Å²) in [5.41, 5.74) is 7.65. The highest BCUT2D eigenvalue weighted by molar-refractivity contribution is 9.10. The maximum absolute atomic E-state index is 12.8. The van der Waals surface area contributed by atoms with Crippen LogP contribution < -0.4 is 15.7 Å². The Morgan fingerprint density at radius 1 is 0.971 bits per heavy atom. The number of rotatable bonds is 5. The summed E-state index contributed by atoms with van der Waals surface area (Å²) in [6.07, 6.45) is 1.78. The van der Waals surface area contributed by atoms with Crippen molar-refractivity contribution in [3.63, 3.8) is 0 Å². The number of hydrazone groups is 1. The molecule has 0 bridgehead atoms. The van der Waals surface area contributed by atoms with Crippen LogP contribution in [0.5, 0.6) is 0 Å². The second-order valence-corrected chi connectivity index (χ2v) is 10.6. The van der Waals surface area contributed by atoms with Crippen LogP contribution in [0.2, 0.25) is 0 Å². The number of hydrogen-bond acceptors (Lipinski definition) is 6. The summed E-state index contributed by atoms with van der Waals surface area (Å²) in [5.74, 6) is -0.549. The highest BCUT2D eigenvalue weighted by atomic mass is 79.9. The fourth-order valence-electron chi connectivity index (χ4n) is 3.76.